The van der Waals surface area contributed by atoms with Crippen LogP contribution in [-0.4, -0.2) is 0 Å². The Labute approximate surface area is 84.2 Å². The van der Waals surface area contributed by atoms with Crippen LogP contribution >= 0.6 is 0 Å². The smallest absolute Gasteiger partial charge is 0 e. The fourth-order valence-corrected chi connectivity index (χ4v) is 0. The molecule has 0 aliphatic carbocycles. The first kappa shape index (κ1) is 29.1. The van der Waals surface area contributed by atoms with Crippen molar-refractivity contribution < 1.29 is 85.6 Å². The third kappa shape index (κ3) is 8.84. The zero-order chi connectivity index (χ0) is 0. The van der Waals surface area contributed by atoms with Gasteiger partial charge in [-0.2, -0.15) is 0 Å². The van der Waals surface area contributed by atoms with Gasteiger partial charge in [-0.3, -0.25) is 0 Å². The Balaban J connectivity index is 0. The number of hydrogen-bond donors (Lipinski definition) is 0. The van der Waals surface area contributed by atoms with Gasteiger partial charge in [0.1, 0.15) is 0 Å². The Morgan fingerprint density at radius 1 is 0.750 bits per heavy atom. The van der Waals surface area contributed by atoms with Crippen LogP contribution in [0, 0.1) is 0 Å². The van der Waals surface area contributed by atoms with Crippen LogP contribution in [0.15, 0.2) is 0 Å². The number of rotatable bonds is 0. The van der Waals surface area contributed by atoms with Crippen molar-refractivity contribution in [2.45, 2.75) is 0 Å². The monoisotopic (exact) mass is 755 g/mol. The van der Waals surface area contributed by atoms with E-state index in [0.29, 0.717) is 0 Å². The third-order valence-corrected chi connectivity index (χ3v) is 0. The Morgan fingerprint density at radius 2 is 0.750 bits per heavy atom. The molecule has 0 bridgehead atoms. The minimum Gasteiger partial charge on any atom is 0 e. The molecule has 0 rings (SSSR count). The van der Waals surface area contributed by atoms with Crippen molar-refractivity contribution in [3.8, 4) is 0 Å². The number of hydrogen-bond acceptors (Lipinski definition) is 0. The molecule has 0 atom stereocenters. The molecule has 0 aromatic rings. The molecular weight excluding hydrogens is 755 g/mol. The van der Waals surface area contributed by atoms with Crippen molar-refractivity contribution in [3.63, 3.8) is 0 Å². The molecule has 0 aliphatic heterocycles. The molecule has 0 N–H and O–H groups in total. The van der Waals surface area contributed by atoms with Crippen molar-refractivity contribution >= 4 is 0 Å². The summed E-state index contributed by atoms with van der Waals surface area (Å²) in [6.45, 7) is 0. The van der Waals surface area contributed by atoms with Crippen molar-refractivity contribution in [2.75, 3.05) is 0 Å². The van der Waals surface area contributed by atoms with Gasteiger partial charge in [0.05, 0.1) is 0 Å². The van der Waals surface area contributed by atoms with E-state index in [1.807, 2.05) is 0 Å². The molecule has 0 saturated carbocycles. The van der Waals surface area contributed by atoms with Gasteiger partial charge in [0, 0.05) is 85.6 Å². The van der Waals surface area contributed by atoms with Crippen molar-refractivity contribution in [1.82, 2.24) is 0 Å². The molecule has 0 nitrogen and oxygen atoms in total. The molecule has 0 amide bonds. The van der Waals surface area contributed by atoms with Gasteiger partial charge < -0.3 is 0 Å². The first-order chi connectivity index (χ1) is 0. The van der Waals surface area contributed by atoms with Gasteiger partial charge in [0.2, 0.25) is 0 Å². The van der Waals surface area contributed by atoms with Crippen LogP contribution in [0.3, 0.4) is 0 Å². The Kier molecular flexibility index (Phi) is 124. The van der Waals surface area contributed by atoms with E-state index in [2.05, 4.69) is 0 Å². The second-order valence-electron chi connectivity index (χ2n) is 0. The standard InChI is InChI=1S/2Pt.Ta.W. The van der Waals surface area contributed by atoms with Gasteiger partial charge in [0.15, 0.2) is 0 Å². The van der Waals surface area contributed by atoms with Gasteiger partial charge in [-0.1, -0.05) is 0 Å². The Morgan fingerprint density at radius 3 is 0.750 bits per heavy atom. The van der Waals surface area contributed by atoms with E-state index in [9.17, 15) is 0 Å². The fraction of sp³-hybridized carbons (Fsp3) is 0. The zero-order valence-corrected chi connectivity index (χ0v) is 12.2. The van der Waals surface area contributed by atoms with E-state index >= 15 is 0 Å². The summed E-state index contributed by atoms with van der Waals surface area (Å²) in [5.74, 6) is 0. The van der Waals surface area contributed by atoms with Crippen molar-refractivity contribution in [2.24, 2.45) is 0 Å². The van der Waals surface area contributed by atoms with E-state index in [0.717, 1.165) is 0 Å². The van der Waals surface area contributed by atoms with Crippen LogP contribution in [0.4, 0.5) is 0 Å². The summed E-state index contributed by atoms with van der Waals surface area (Å²) < 4.78 is 0. The van der Waals surface area contributed by atoms with Crippen LogP contribution in [0.5, 0.6) is 0 Å². The van der Waals surface area contributed by atoms with E-state index in [4.69, 9.17) is 0 Å². The van der Waals surface area contributed by atoms with Crippen LogP contribution in [-0.2, 0) is 85.6 Å². The molecule has 0 heterocycles. The van der Waals surface area contributed by atoms with Gasteiger partial charge in [-0.05, 0) is 0 Å². The quantitative estimate of drug-likeness (QED) is 0.327. The molecule has 1 radical (unpaired) electrons. The summed E-state index contributed by atoms with van der Waals surface area (Å²) >= 11 is 0. The van der Waals surface area contributed by atoms with Crippen molar-refractivity contribution in [3.05, 3.63) is 0 Å². The normalized spacial score (nSPS) is 0. The van der Waals surface area contributed by atoms with Gasteiger partial charge >= 0.3 is 0 Å². The molecule has 0 spiro atoms. The minimum absolute atomic E-state index is 0. The second kappa shape index (κ2) is 17.0. The predicted octanol–water partition coefficient (Wildman–Crippen LogP) is -0.0100. The summed E-state index contributed by atoms with van der Waals surface area (Å²) in [6.07, 6.45) is 0. The largest absolute Gasteiger partial charge is 0 e. The molecule has 0 saturated heterocycles. The topological polar surface area (TPSA) is 0 Å². The van der Waals surface area contributed by atoms with Crippen molar-refractivity contribution in [1.29, 1.82) is 0 Å². The fourth-order valence-electron chi connectivity index (χ4n) is 0. The first-order valence-corrected chi connectivity index (χ1v) is 0. The molecule has 31 valence electrons. The van der Waals surface area contributed by atoms with Gasteiger partial charge in [0.25, 0.3) is 0 Å². The van der Waals surface area contributed by atoms with Gasteiger partial charge in [-0.15, -0.1) is 0 Å². The zero-order valence-electron chi connectivity index (χ0n) is 1.49. The maximum Gasteiger partial charge on any atom is 0 e. The van der Waals surface area contributed by atoms with E-state index in [-0.39, 0.29) is 85.6 Å². The van der Waals surface area contributed by atoms with Crippen LogP contribution in [0.25, 0.3) is 0 Å². The van der Waals surface area contributed by atoms with E-state index in [1.54, 1.807) is 0 Å². The molecule has 0 aromatic carbocycles. The average molecular weight is 755 g/mol. The maximum atomic E-state index is 0. The maximum absolute atomic E-state index is 0. The van der Waals surface area contributed by atoms with Crippen LogP contribution < -0.4 is 0 Å². The molecule has 4 heavy (non-hydrogen) atoms. The molecule has 4 heteroatoms. The molecule has 0 unspecified atom stereocenters. The van der Waals surface area contributed by atoms with Crippen LogP contribution in [0.2, 0.25) is 0 Å². The summed E-state index contributed by atoms with van der Waals surface area (Å²) in [6, 6.07) is 0. The molecule has 0 aliphatic rings. The summed E-state index contributed by atoms with van der Waals surface area (Å²) in [5.41, 5.74) is 0. The van der Waals surface area contributed by atoms with Gasteiger partial charge in [-0.25, -0.2) is 0 Å². The third-order valence-electron chi connectivity index (χ3n) is 0. The average Bonchev–Trinajstić information content (AvgIpc) is 0. The predicted molar refractivity (Wildman–Crippen MR) is 0 cm³/mol. The molecular formula is Pt2TaW. The second-order valence-corrected chi connectivity index (χ2v) is 0. The molecule has 0 aromatic heterocycles. The summed E-state index contributed by atoms with van der Waals surface area (Å²) in [7, 11) is 0. The first-order valence-electron chi connectivity index (χ1n) is 0. The minimum atomic E-state index is 0. The van der Waals surface area contributed by atoms with E-state index in [1.165, 1.54) is 0 Å². The summed E-state index contributed by atoms with van der Waals surface area (Å²) in [4.78, 5) is 0. The molecule has 0 fully saturated rings. The Bertz CT molecular complexity index is 6.00. The van der Waals surface area contributed by atoms with Crippen LogP contribution in [0.1, 0.15) is 0 Å². The SMILES string of the molecule is [Pt].[Pt].[Ta].[W]. The summed E-state index contributed by atoms with van der Waals surface area (Å²) in [5, 5.41) is 0. The van der Waals surface area contributed by atoms with E-state index < -0.39 is 0 Å². The Hall–Kier alpha value is 2.81.